The van der Waals surface area contributed by atoms with Gasteiger partial charge in [0.05, 0.1) is 35.6 Å². The molecule has 0 aliphatic carbocycles. The van der Waals surface area contributed by atoms with Crippen LogP contribution in [0.25, 0.3) is 0 Å². The number of hydrogen-bond donors (Lipinski definition) is 3. The lowest BCUT2D eigenvalue weighted by atomic mass is 9.77. The van der Waals surface area contributed by atoms with Gasteiger partial charge in [-0.15, -0.1) is 0 Å². The topological polar surface area (TPSA) is 161 Å². The number of carboxylic acid groups (broad SMARTS) is 1. The van der Waals surface area contributed by atoms with Gasteiger partial charge in [-0.25, -0.2) is 9.18 Å². The van der Waals surface area contributed by atoms with Crippen molar-refractivity contribution >= 4 is 23.5 Å². The zero-order valence-electron chi connectivity index (χ0n) is 18.2. The van der Waals surface area contributed by atoms with E-state index in [1.54, 1.807) is 13.8 Å². The Morgan fingerprint density at radius 3 is 2.55 bits per heavy atom. The van der Waals surface area contributed by atoms with Crippen LogP contribution in [0, 0.1) is 39.8 Å². The van der Waals surface area contributed by atoms with Crippen molar-refractivity contribution in [3.8, 4) is 12.1 Å². The van der Waals surface area contributed by atoms with Gasteiger partial charge in [-0.05, 0) is 51.0 Å². The fourth-order valence-electron chi connectivity index (χ4n) is 4.08. The Morgan fingerprint density at radius 1 is 1.33 bits per heavy atom. The van der Waals surface area contributed by atoms with Crippen molar-refractivity contribution in [3.05, 3.63) is 41.8 Å². The fraction of sp³-hybridized carbons (Fsp3) is 0.409. The SMILES string of the molecule is CC(C)(C#N)CC1[C@@H](C#N)[C@H](n2cc(C(N)=O)c(Nc3ccc(F)cc3)n2)CCN1C(=O)O. The van der Waals surface area contributed by atoms with E-state index in [9.17, 15) is 29.6 Å². The van der Waals surface area contributed by atoms with Gasteiger partial charge in [-0.3, -0.25) is 9.48 Å². The van der Waals surface area contributed by atoms with Crippen LogP contribution in [0.4, 0.5) is 20.7 Å². The number of nitriles is 2. The molecule has 1 unspecified atom stereocenters. The average Bonchev–Trinajstić information content (AvgIpc) is 3.18. The Labute approximate surface area is 190 Å². The Hall–Kier alpha value is -4.12. The molecule has 3 rings (SSSR count). The summed E-state index contributed by atoms with van der Waals surface area (Å²) in [7, 11) is 0. The molecule has 1 aromatic heterocycles. The van der Waals surface area contributed by atoms with Gasteiger partial charge in [0, 0.05) is 18.4 Å². The van der Waals surface area contributed by atoms with E-state index in [0.29, 0.717) is 5.69 Å². The second-order valence-corrected chi connectivity index (χ2v) is 8.62. The number of nitrogens with two attached hydrogens (primary N) is 1. The number of rotatable bonds is 6. The van der Waals surface area contributed by atoms with E-state index in [1.165, 1.54) is 40.0 Å². The van der Waals surface area contributed by atoms with Gasteiger partial charge >= 0.3 is 6.09 Å². The van der Waals surface area contributed by atoms with Gasteiger partial charge in [-0.1, -0.05) is 0 Å². The fourth-order valence-corrected chi connectivity index (χ4v) is 4.08. The number of carbonyl (C=O) groups is 2. The predicted molar refractivity (Wildman–Crippen MR) is 116 cm³/mol. The minimum atomic E-state index is -1.16. The molecule has 4 N–H and O–H groups in total. The number of benzene rings is 1. The number of piperidine rings is 1. The van der Waals surface area contributed by atoms with E-state index < -0.39 is 41.2 Å². The zero-order chi connectivity index (χ0) is 24.3. The van der Waals surface area contributed by atoms with E-state index in [0.717, 1.165) is 0 Å². The molecule has 2 aromatic rings. The third-order valence-electron chi connectivity index (χ3n) is 5.76. The Bertz CT molecular complexity index is 1130. The summed E-state index contributed by atoms with van der Waals surface area (Å²) >= 11 is 0. The summed E-state index contributed by atoms with van der Waals surface area (Å²) in [6.45, 7) is 3.51. The third kappa shape index (κ3) is 5.04. The molecule has 1 aliphatic rings. The maximum atomic E-state index is 13.2. The molecule has 3 atom stereocenters. The number of nitrogens with zero attached hydrogens (tertiary/aromatic N) is 5. The van der Waals surface area contributed by atoms with E-state index in [1.807, 2.05) is 0 Å². The van der Waals surface area contributed by atoms with Crippen molar-refractivity contribution in [1.29, 1.82) is 10.5 Å². The van der Waals surface area contributed by atoms with Gasteiger partial charge in [0.2, 0.25) is 0 Å². The highest BCUT2D eigenvalue weighted by atomic mass is 19.1. The monoisotopic (exact) mass is 453 g/mol. The number of halogens is 1. The maximum Gasteiger partial charge on any atom is 0.407 e. The minimum Gasteiger partial charge on any atom is -0.465 e. The molecular formula is C22H24FN7O3. The van der Waals surface area contributed by atoms with Crippen LogP contribution in [0.3, 0.4) is 0 Å². The van der Waals surface area contributed by atoms with E-state index in [-0.39, 0.29) is 30.8 Å². The molecule has 0 saturated carbocycles. The molecule has 1 aromatic carbocycles. The number of nitrogens with one attached hydrogen (secondary N) is 1. The van der Waals surface area contributed by atoms with Crippen molar-refractivity contribution in [2.75, 3.05) is 11.9 Å². The van der Waals surface area contributed by atoms with Crippen LogP contribution in [0.5, 0.6) is 0 Å². The highest BCUT2D eigenvalue weighted by molar-refractivity contribution is 5.98. The molecule has 0 bridgehead atoms. The quantitative estimate of drug-likeness (QED) is 0.605. The van der Waals surface area contributed by atoms with Crippen molar-refractivity contribution in [3.63, 3.8) is 0 Å². The van der Waals surface area contributed by atoms with Crippen molar-refractivity contribution < 1.29 is 19.1 Å². The van der Waals surface area contributed by atoms with Crippen molar-refractivity contribution in [2.45, 2.75) is 38.8 Å². The van der Waals surface area contributed by atoms with E-state index >= 15 is 0 Å². The number of likely N-dealkylation sites (tertiary alicyclic amines) is 1. The summed E-state index contributed by atoms with van der Waals surface area (Å²) in [5.41, 5.74) is 5.22. The molecule has 2 heterocycles. The second-order valence-electron chi connectivity index (χ2n) is 8.62. The first-order chi connectivity index (χ1) is 15.6. The molecule has 2 amide bonds. The molecule has 1 saturated heterocycles. The first-order valence-corrected chi connectivity index (χ1v) is 10.3. The van der Waals surface area contributed by atoms with Gasteiger partial charge in [0.1, 0.15) is 11.4 Å². The summed E-state index contributed by atoms with van der Waals surface area (Å²) in [5.74, 6) is -1.85. The lowest BCUT2D eigenvalue weighted by Gasteiger charge is -2.43. The van der Waals surface area contributed by atoms with Gasteiger partial charge < -0.3 is 21.1 Å². The highest BCUT2D eigenvalue weighted by Gasteiger charge is 2.44. The molecule has 0 spiro atoms. The molecule has 1 aliphatic heterocycles. The molecule has 11 heteroatoms. The third-order valence-corrected chi connectivity index (χ3v) is 5.76. The molecule has 10 nitrogen and oxygen atoms in total. The molecule has 33 heavy (non-hydrogen) atoms. The number of anilines is 2. The number of amides is 2. The lowest BCUT2D eigenvalue weighted by Crippen LogP contribution is -2.52. The van der Waals surface area contributed by atoms with Gasteiger partial charge in [0.25, 0.3) is 5.91 Å². The predicted octanol–water partition coefficient (Wildman–Crippen LogP) is 3.24. The minimum absolute atomic E-state index is 0.0746. The normalized spacial score (nSPS) is 20.5. The van der Waals surface area contributed by atoms with Crippen LogP contribution < -0.4 is 11.1 Å². The van der Waals surface area contributed by atoms with Crippen LogP contribution in [-0.4, -0.2) is 44.4 Å². The first kappa shape index (κ1) is 23.5. The van der Waals surface area contributed by atoms with Crippen molar-refractivity contribution in [1.82, 2.24) is 14.7 Å². The van der Waals surface area contributed by atoms with Gasteiger partial charge in [0.15, 0.2) is 5.82 Å². The number of hydrogen-bond acceptors (Lipinski definition) is 6. The summed E-state index contributed by atoms with van der Waals surface area (Å²) in [6.07, 6.45) is 0.704. The second kappa shape index (κ2) is 9.17. The van der Waals surface area contributed by atoms with E-state index in [2.05, 4.69) is 22.6 Å². The zero-order valence-corrected chi connectivity index (χ0v) is 18.2. The first-order valence-electron chi connectivity index (χ1n) is 10.3. The van der Waals surface area contributed by atoms with Crippen LogP contribution in [0.1, 0.15) is 43.1 Å². The molecule has 172 valence electrons. The maximum absolute atomic E-state index is 13.2. The highest BCUT2D eigenvalue weighted by Crippen LogP contribution is 2.39. The standard InChI is InChI=1S/C22H24FN7O3/c1-22(2,12-25)9-18-15(10-24)17(7-8-29(18)21(32)33)30-11-16(19(26)31)20(28-30)27-14-5-3-13(23)4-6-14/h3-6,11,15,17-18H,7-9H2,1-2H3,(H2,26,31)(H,27,28)(H,32,33)/t15-,17+,18?/m0/s1. The van der Waals surface area contributed by atoms with Crippen LogP contribution in [-0.2, 0) is 0 Å². The molecule has 1 fully saturated rings. The van der Waals surface area contributed by atoms with Crippen molar-refractivity contribution in [2.24, 2.45) is 17.1 Å². The number of aromatic nitrogens is 2. The lowest BCUT2D eigenvalue weighted by molar-refractivity contribution is 0.0522. The summed E-state index contributed by atoms with van der Waals surface area (Å²) in [4.78, 5) is 25.1. The van der Waals surface area contributed by atoms with Crippen LogP contribution in [0.2, 0.25) is 0 Å². The van der Waals surface area contributed by atoms with Crippen LogP contribution in [0.15, 0.2) is 30.5 Å². The summed E-state index contributed by atoms with van der Waals surface area (Å²) in [6, 6.07) is 8.51. The smallest absolute Gasteiger partial charge is 0.407 e. The Kier molecular flexibility index (Phi) is 6.54. The number of carbonyl (C=O) groups excluding carboxylic acids is 1. The molecular weight excluding hydrogens is 429 g/mol. The Morgan fingerprint density at radius 2 is 2.00 bits per heavy atom. The summed E-state index contributed by atoms with van der Waals surface area (Å²) < 4.78 is 14.7. The van der Waals surface area contributed by atoms with Crippen LogP contribution >= 0.6 is 0 Å². The Balaban J connectivity index is 1.98. The largest absolute Gasteiger partial charge is 0.465 e. The number of primary amides is 1. The molecule has 0 radical (unpaired) electrons. The van der Waals surface area contributed by atoms with Gasteiger partial charge in [-0.2, -0.15) is 15.6 Å². The van der Waals surface area contributed by atoms with E-state index in [4.69, 9.17) is 5.73 Å². The average molecular weight is 453 g/mol. The summed E-state index contributed by atoms with van der Waals surface area (Å²) in [5, 5.41) is 36.4.